The van der Waals surface area contributed by atoms with E-state index in [-0.39, 0.29) is 11.7 Å². The Kier molecular flexibility index (Phi) is 5.35. The minimum Gasteiger partial charge on any atom is -0.367 e. The largest absolute Gasteiger partial charge is 0.367 e. The van der Waals surface area contributed by atoms with Crippen molar-refractivity contribution in [3.63, 3.8) is 0 Å². The Morgan fingerprint density at radius 1 is 1.14 bits per heavy atom. The molecule has 2 aliphatic rings. The van der Waals surface area contributed by atoms with E-state index in [9.17, 15) is 9.18 Å². The van der Waals surface area contributed by atoms with Gasteiger partial charge in [-0.05, 0) is 38.0 Å². The van der Waals surface area contributed by atoms with Crippen molar-refractivity contribution in [3.8, 4) is 0 Å². The Hall–Kier alpha value is -2.41. The lowest BCUT2D eigenvalue weighted by molar-refractivity contribution is 0.0553. The molecule has 1 aromatic heterocycles. The summed E-state index contributed by atoms with van der Waals surface area (Å²) in [7, 11) is 1.82. The molecule has 0 radical (unpaired) electrons. The molecule has 150 valence electrons. The summed E-state index contributed by atoms with van der Waals surface area (Å²) in [5.41, 5.74) is 2.21. The molecule has 1 amide bonds. The van der Waals surface area contributed by atoms with Gasteiger partial charge in [0.1, 0.15) is 11.5 Å². The number of nitrogens with zero attached hydrogens (tertiary/aromatic N) is 5. The van der Waals surface area contributed by atoms with Gasteiger partial charge in [-0.3, -0.25) is 14.4 Å². The van der Waals surface area contributed by atoms with Gasteiger partial charge in [0, 0.05) is 52.4 Å². The number of hydrogen-bond acceptors (Lipinski definition) is 4. The van der Waals surface area contributed by atoms with Crippen molar-refractivity contribution in [3.05, 3.63) is 47.5 Å². The van der Waals surface area contributed by atoms with Gasteiger partial charge in [0.15, 0.2) is 0 Å². The number of para-hydroxylation sites is 1. The third-order valence-corrected chi connectivity index (χ3v) is 5.93. The number of likely N-dealkylation sites (tertiary alicyclic amines) is 1. The molecule has 3 heterocycles. The number of carbonyl (C=O) groups excluding carboxylic acids is 1. The van der Waals surface area contributed by atoms with Crippen molar-refractivity contribution < 1.29 is 9.18 Å². The summed E-state index contributed by atoms with van der Waals surface area (Å²) < 4.78 is 15.7. The molecule has 0 unspecified atom stereocenters. The van der Waals surface area contributed by atoms with Crippen LogP contribution in [-0.4, -0.2) is 70.8 Å². The molecule has 0 aliphatic carbocycles. The molecule has 0 saturated carbocycles. The summed E-state index contributed by atoms with van der Waals surface area (Å²) in [5, 5.41) is 4.30. The first-order valence-electron chi connectivity index (χ1n) is 10.1. The molecule has 4 rings (SSSR count). The van der Waals surface area contributed by atoms with Crippen LogP contribution in [0.2, 0.25) is 0 Å². The number of piperidine rings is 1. The number of hydrogen-bond donors (Lipinski definition) is 0. The molecular formula is C21H28FN5O. The van der Waals surface area contributed by atoms with Gasteiger partial charge in [-0.2, -0.15) is 5.10 Å². The fourth-order valence-corrected chi connectivity index (χ4v) is 4.45. The Labute approximate surface area is 165 Å². The van der Waals surface area contributed by atoms with E-state index in [2.05, 4.69) is 14.9 Å². The van der Waals surface area contributed by atoms with Crippen LogP contribution in [0.15, 0.2) is 30.3 Å². The highest BCUT2D eigenvalue weighted by molar-refractivity contribution is 5.92. The van der Waals surface area contributed by atoms with Crippen LogP contribution < -0.4 is 4.90 Å². The van der Waals surface area contributed by atoms with E-state index >= 15 is 0 Å². The van der Waals surface area contributed by atoms with Crippen LogP contribution in [0, 0.1) is 12.7 Å². The number of amides is 1. The van der Waals surface area contributed by atoms with Gasteiger partial charge in [0.05, 0.1) is 11.4 Å². The zero-order valence-electron chi connectivity index (χ0n) is 16.6. The first-order valence-corrected chi connectivity index (χ1v) is 10.1. The second-order valence-corrected chi connectivity index (χ2v) is 7.82. The number of piperazine rings is 1. The van der Waals surface area contributed by atoms with E-state index in [4.69, 9.17) is 0 Å². The molecule has 2 saturated heterocycles. The average molecular weight is 385 g/mol. The van der Waals surface area contributed by atoms with Gasteiger partial charge in [0.2, 0.25) is 0 Å². The fraction of sp³-hybridized carbons (Fsp3) is 0.524. The lowest BCUT2D eigenvalue weighted by Gasteiger charge is -2.44. The summed E-state index contributed by atoms with van der Waals surface area (Å²) in [6.07, 6.45) is 2.12. The van der Waals surface area contributed by atoms with Crippen molar-refractivity contribution in [2.45, 2.75) is 25.8 Å². The summed E-state index contributed by atoms with van der Waals surface area (Å²) in [6.45, 7) is 6.87. The number of anilines is 1. The number of carbonyl (C=O) groups is 1. The Balaban J connectivity index is 1.37. The number of benzene rings is 1. The van der Waals surface area contributed by atoms with Gasteiger partial charge in [0.25, 0.3) is 5.91 Å². The van der Waals surface area contributed by atoms with Crippen LogP contribution in [0.5, 0.6) is 0 Å². The van der Waals surface area contributed by atoms with Crippen molar-refractivity contribution in [1.29, 1.82) is 0 Å². The maximum Gasteiger partial charge on any atom is 0.272 e. The number of aryl methyl sites for hydroxylation is 2. The van der Waals surface area contributed by atoms with Crippen LogP contribution in [0.4, 0.5) is 10.1 Å². The highest BCUT2D eigenvalue weighted by Gasteiger charge is 2.31. The third kappa shape index (κ3) is 3.76. The zero-order chi connectivity index (χ0) is 19.7. The van der Waals surface area contributed by atoms with E-state index in [0.29, 0.717) is 17.4 Å². The molecule has 0 bridgehead atoms. The van der Waals surface area contributed by atoms with E-state index in [1.807, 2.05) is 37.1 Å². The fourth-order valence-electron chi connectivity index (χ4n) is 4.45. The Bertz CT molecular complexity index is 843. The van der Waals surface area contributed by atoms with Crippen LogP contribution in [0.25, 0.3) is 0 Å². The first-order chi connectivity index (χ1) is 13.5. The molecule has 2 fully saturated rings. The Morgan fingerprint density at radius 2 is 1.89 bits per heavy atom. The average Bonchev–Trinajstić information content (AvgIpc) is 3.06. The molecule has 7 heteroatoms. The predicted octanol–water partition coefficient (Wildman–Crippen LogP) is 2.29. The maximum atomic E-state index is 14.1. The van der Waals surface area contributed by atoms with Gasteiger partial charge in [-0.25, -0.2) is 4.39 Å². The standard InChI is InChI=1S/C21H28FN5O/c1-16-14-20(24(2)23-16)21(28)27-9-5-6-17(15-27)25-10-12-26(13-11-25)19-8-4-3-7-18(19)22/h3-4,7-8,14,17H,5-6,9-13,15H2,1-2H3/t17-/m1/s1. The van der Waals surface area contributed by atoms with E-state index in [1.165, 1.54) is 6.07 Å². The van der Waals surface area contributed by atoms with Gasteiger partial charge >= 0.3 is 0 Å². The second-order valence-electron chi connectivity index (χ2n) is 7.82. The summed E-state index contributed by atoms with van der Waals surface area (Å²) in [5.74, 6) is -0.0883. The molecule has 1 atom stereocenters. The van der Waals surface area contributed by atoms with Gasteiger partial charge in [-0.1, -0.05) is 12.1 Å². The SMILES string of the molecule is Cc1cc(C(=O)N2CCC[C@@H](N3CCN(c4ccccc4F)CC3)C2)n(C)n1. The molecule has 2 aromatic rings. The van der Waals surface area contributed by atoms with E-state index in [1.54, 1.807) is 10.7 Å². The molecule has 6 nitrogen and oxygen atoms in total. The minimum atomic E-state index is -0.156. The molecule has 28 heavy (non-hydrogen) atoms. The minimum absolute atomic E-state index is 0.0674. The predicted molar refractivity (Wildman–Crippen MR) is 107 cm³/mol. The number of halogens is 1. The molecule has 0 spiro atoms. The van der Waals surface area contributed by atoms with Crippen LogP contribution >= 0.6 is 0 Å². The monoisotopic (exact) mass is 385 g/mol. The number of rotatable bonds is 3. The van der Waals surface area contributed by atoms with Crippen molar-refractivity contribution in [1.82, 2.24) is 19.6 Å². The second kappa shape index (κ2) is 7.91. The van der Waals surface area contributed by atoms with E-state index in [0.717, 1.165) is 57.8 Å². The summed E-state index contributed by atoms with van der Waals surface area (Å²) in [6, 6.07) is 9.21. The molecule has 1 aromatic carbocycles. The first kappa shape index (κ1) is 18.9. The normalized spacial score (nSPS) is 21.2. The highest BCUT2D eigenvalue weighted by Crippen LogP contribution is 2.23. The lowest BCUT2D eigenvalue weighted by Crippen LogP contribution is -2.56. The lowest BCUT2D eigenvalue weighted by atomic mass is 10.0. The molecular weight excluding hydrogens is 357 g/mol. The number of aromatic nitrogens is 2. The quantitative estimate of drug-likeness (QED) is 0.813. The smallest absolute Gasteiger partial charge is 0.272 e. The highest BCUT2D eigenvalue weighted by atomic mass is 19.1. The zero-order valence-corrected chi connectivity index (χ0v) is 16.6. The Morgan fingerprint density at radius 3 is 2.57 bits per heavy atom. The van der Waals surface area contributed by atoms with Gasteiger partial charge in [-0.15, -0.1) is 0 Å². The third-order valence-electron chi connectivity index (χ3n) is 5.93. The maximum absolute atomic E-state index is 14.1. The summed E-state index contributed by atoms with van der Waals surface area (Å²) >= 11 is 0. The summed E-state index contributed by atoms with van der Waals surface area (Å²) in [4.78, 5) is 19.5. The van der Waals surface area contributed by atoms with Crippen molar-refractivity contribution in [2.24, 2.45) is 7.05 Å². The van der Waals surface area contributed by atoms with E-state index < -0.39 is 0 Å². The molecule has 2 aliphatic heterocycles. The van der Waals surface area contributed by atoms with Crippen LogP contribution in [0.1, 0.15) is 29.0 Å². The van der Waals surface area contributed by atoms with Crippen LogP contribution in [-0.2, 0) is 7.05 Å². The van der Waals surface area contributed by atoms with Crippen molar-refractivity contribution >= 4 is 11.6 Å². The molecule has 0 N–H and O–H groups in total. The van der Waals surface area contributed by atoms with Gasteiger partial charge < -0.3 is 9.80 Å². The topological polar surface area (TPSA) is 44.6 Å². The van der Waals surface area contributed by atoms with Crippen molar-refractivity contribution in [2.75, 3.05) is 44.2 Å². The van der Waals surface area contributed by atoms with Crippen LogP contribution in [0.3, 0.4) is 0 Å².